The van der Waals surface area contributed by atoms with E-state index in [1.807, 2.05) is 13.8 Å². The maximum Gasteiger partial charge on any atom is 0.375 e. The number of rotatable bonds is 8. The first kappa shape index (κ1) is 17.6. The Hall–Kier alpha value is -1.43. The van der Waals surface area contributed by atoms with Crippen LogP contribution in [0.3, 0.4) is 0 Å². The first-order valence-corrected chi connectivity index (χ1v) is 7.00. The van der Waals surface area contributed by atoms with Crippen LogP contribution in [-0.2, 0) is 9.53 Å². The van der Waals surface area contributed by atoms with Crippen LogP contribution >= 0.6 is 11.8 Å². The highest BCUT2D eigenvalue weighted by atomic mass is 32.2. The molecular formula is C13H21NO4S. The molecular weight excluding hydrogens is 266 g/mol. The monoisotopic (exact) mass is 287 g/mol. The topological polar surface area (TPSA) is 66.8 Å². The van der Waals surface area contributed by atoms with E-state index < -0.39 is 5.30 Å². The van der Waals surface area contributed by atoms with E-state index in [9.17, 15) is 14.7 Å². The predicted molar refractivity (Wildman–Crippen MR) is 77.0 cm³/mol. The van der Waals surface area contributed by atoms with Gasteiger partial charge in [0.15, 0.2) is 5.09 Å². The van der Waals surface area contributed by atoms with E-state index >= 15 is 0 Å². The van der Waals surface area contributed by atoms with Crippen molar-refractivity contribution in [1.82, 2.24) is 4.90 Å². The van der Waals surface area contributed by atoms with Crippen LogP contribution in [0.15, 0.2) is 23.8 Å². The molecule has 108 valence electrons. The number of hydrogen-bond acceptors (Lipinski definition) is 5. The maximum atomic E-state index is 11.6. The molecule has 0 aliphatic heterocycles. The lowest BCUT2D eigenvalue weighted by molar-refractivity contribution is -0.131. The van der Waals surface area contributed by atoms with Crippen LogP contribution in [0.25, 0.3) is 0 Å². The minimum Gasteiger partial charge on any atom is -0.502 e. The number of amides is 1. The molecule has 6 heteroatoms. The molecule has 1 amide bonds. The van der Waals surface area contributed by atoms with E-state index in [0.717, 1.165) is 0 Å². The van der Waals surface area contributed by atoms with Crippen molar-refractivity contribution in [2.24, 2.45) is 0 Å². The molecule has 0 saturated carbocycles. The Morgan fingerprint density at radius 3 is 2.53 bits per heavy atom. The van der Waals surface area contributed by atoms with Gasteiger partial charge in [0.1, 0.15) is 0 Å². The molecule has 0 aromatic heterocycles. The molecule has 0 aromatic carbocycles. The largest absolute Gasteiger partial charge is 0.502 e. The van der Waals surface area contributed by atoms with Gasteiger partial charge in [0.25, 0.3) is 0 Å². The van der Waals surface area contributed by atoms with Gasteiger partial charge >= 0.3 is 5.30 Å². The smallest absolute Gasteiger partial charge is 0.375 e. The van der Waals surface area contributed by atoms with Crippen molar-refractivity contribution in [3.63, 3.8) is 0 Å². The van der Waals surface area contributed by atoms with Crippen molar-refractivity contribution in [3.05, 3.63) is 23.8 Å². The fourth-order valence-corrected chi connectivity index (χ4v) is 1.84. The maximum absolute atomic E-state index is 11.6. The molecule has 0 heterocycles. The van der Waals surface area contributed by atoms with Crippen molar-refractivity contribution in [1.29, 1.82) is 0 Å². The van der Waals surface area contributed by atoms with Crippen molar-refractivity contribution >= 4 is 23.0 Å². The van der Waals surface area contributed by atoms with Gasteiger partial charge in [-0.2, -0.15) is 0 Å². The normalized spacial score (nSPS) is 10.9. The van der Waals surface area contributed by atoms with E-state index in [0.29, 0.717) is 37.7 Å². The van der Waals surface area contributed by atoms with Gasteiger partial charge in [-0.05, 0) is 26.3 Å². The van der Waals surface area contributed by atoms with Crippen LogP contribution in [0.5, 0.6) is 0 Å². The third-order valence-corrected chi connectivity index (χ3v) is 2.95. The third kappa shape index (κ3) is 8.31. The standard InChI is InChI=1S/C13H21NO4S/c1-4-8-12(16)19-13(17)18-10-7-9-11(15)14(5-2)6-3/h4,8,16H,1,5-7,9-10H2,2-3H3/b12-8-. The van der Waals surface area contributed by atoms with Gasteiger partial charge in [-0.3, -0.25) is 4.79 Å². The van der Waals surface area contributed by atoms with E-state index in [2.05, 4.69) is 6.58 Å². The second-order valence-electron chi connectivity index (χ2n) is 3.61. The molecule has 19 heavy (non-hydrogen) atoms. The summed E-state index contributed by atoms with van der Waals surface area (Å²) in [5, 5.41) is 8.43. The number of hydrogen-bond donors (Lipinski definition) is 1. The predicted octanol–water partition coefficient (Wildman–Crippen LogP) is 3.09. The highest BCUT2D eigenvalue weighted by molar-refractivity contribution is 8.16. The minimum atomic E-state index is -0.592. The number of nitrogens with zero attached hydrogens (tertiary/aromatic N) is 1. The summed E-state index contributed by atoms with van der Waals surface area (Å²) in [4.78, 5) is 24.6. The number of carbonyl (C=O) groups is 2. The average molecular weight is 287 g/mol. The molecule has 0 fully saturated rings. The molecule has 5 nitrogen and oxygen atoms in total. The zero-order valence-electron chi connectivity index (χ0n) is 11.4. The zero-order valence-corrected chi connectivity index (χ0v) is 12.2. The summed E-state index contributed by atoms with van der Waals surface area (Å²) in [5.74, 6) is 0.0584. The Morgan fingerprint density at radius 2 is 2.00 bits per heavy atom. The molecule has 0 aliphatic carbocycles. The molecule has 0 saturated heterocycles. The lowest BCUT2D eigenvalue weighted by Gasteiger charge is -2.18. The molecule has 0 aliphatic rings. The molecule has 1 N–H and O–H groups in total. The summed E-state index contributed by atoms with van der Waals surface area (Å²) < 4.78 is 4.87. The SMILES string of the molecule is C=C/C=C(/O)SC(=O)OCCCC(=O)N(CC)CC. The van der Waals surface area contributed by atoms with Gasteiger partial charge in [-0.15, -0.1) is 0 Å². The Morgan fingerprint density at radius 1 is 1.37 bits per heavy atom. The average Bonchev–Trinajstić information content (AvgIpc) is 2.36. The van der Waals surface area contributed by atoms with Crippen LogP contribution < -0.4 is 0 Å². The van der Waals surface area contributed by atoms with Crippen LogP contribution in [-0.4, -0.2) is 40.9 Å². The highest BCUT2D eigenvalue weighted by Gasteiger charge is 2.10. The van der Waals surface area contributed by atoms with Gasteiger partial charge < -0.3 is 14.7 Å². The lowest BCUT2D eigenvalue weighted by atomic mass is 10.3. The number of allylic oxidation sites excluding steroid dienone is 2. The summed E-state index contributed by atoms with van der Waals surface area (Å²) >= 11 is 0.587. The van der Waals surface area contributed by atoms with Crippen LogP contribution in [0.1, 0.15) is 26.7 Å². The minimum absolute atomic E-state index is 0.0584. The van der Waals surface area contributed by atoms with Crippen molar-refractivity contribution < 1.29 is 19.4 Å². The quantitative estimate of drug-likeness (QED) is 0.321. The summed E-state index contributed by atoms with van der Waals surface area (Å²) in [6.45, 7) is 8.78. The highest BCUT2D eigenvalue weighted by Crippen LogP contribution is 2.15. The van der Waals surface area contributed by atoms with Gasteiger partial charge in [-0.25, -0.2) is 4.79 Å². The second kappa shape index (κ2) is 10.5. The van der Waals surface area contributed by atoms with Crippen molar-refractivity contribution in [2.45, 2.75) is 26.7 Å². The van der Waals surface area contributed by atoms with Gasteiger partial charge in [0.05, 0.1) is 6.61 Å². The number of aliphatic hydroxyl groups excluding tert-OH is 1. The van der Waals surface area contributed by atoms with Crippen LogP contribution in [0, 0.1) is 0 Å². The molecule has 0 atom stereocenters. The summed E-state index contributed by atoms with van der Waals surface area (Å²) in [6, 6.07) is 0. The first-order chi connectivity index (χ1) is 9.04. The van der Waals surface area contributed by atoms with E-state index in [4.69, 9.17) is 4.74 Å². The Balaban J connectivity index is 3.80. The fourth-order valence-electron chi connectivity index (χ4n) is 1.36. The molecule has 0 spiro atoms. The number of thioether (sulfide) groups is 1. The van der Waals surface area contributed by atoms with Crippen LogP contribution in [0.2, 0.25) is 0 Å². The second-order valence-corrected chi connectivity index (χ2v) is 4.57. The number of ether oxygens (including phenoxy) is 1. The number of aliphatic hydroxyl groups is 1. The van der Waals surface area contributed by atoms with E-state index in [1.54, 1.807) is 4.90 Å². The third-order valence-electron chi connectivity index (χ3n) is 2.32. The lowest BCUT2D eigenvalue weighted by Crippen LogP contribution is -2.30. The van der Waals surface area contributed by atoms with E-state index in [-0.39, 0.29) is 17.6 Å². The zero-order chi connectivity index (χ0) is 14.7. The fraction of sp³-hybridized carbons (Fsp3) is 0.538. The molecule has 0 rings (SSSR count). The van der Waals surface area contributed by atoms with Gasteiger partial charge in [0, 0.05) is 31.3 Å². The first-order valence-electron chi connectivity index (χ1n) is 6.19. The summed E-state index contributed by atoms with van der Waals surface area (Å²) in [7, 11) is 0. The molecule has 0 bridgehead atoms. The summed E-state index contributed by atoms with van der Waals surface area (Å²) in [5.41, 5.74) is 0. The Labute approximate surface area is 118 Å². The van der Waals surface area contributed by atoms with E-state index in [1.165, 1.54) is 12.2 Å². The van der Waals surface area contributed by atoms with Gasteiger partial charge in [0.2, 0.25) is 5.91 Å². The molecule has 0 radical (unpaired) electrons. The molecule has 0 unspecified atom stereocenters. The van der Waals surface area contributed by atoms with Crippen molar-refractivity contribution in [2.75, 3.05) is 19.7 Å². The van der Waals surface area contributed by atoms with Crippen LogP contribution in [0.4, 0.5) is 4.79 Å². The number of carbonyl (C=O) groups excluding carboxylic acids is 2. The van der Waals surface area contributed by atoms with Crippen molar-refractivity contribution in [3.8, 4) is 0 Å². The Kier molecular flexibility index (Phi) is 9.70. The van der Waals surface area contributed by atoms with Gasteiger partial charge in [-0.1, -0.05) is 12.7 Å². The summed E-state index contributed by atoms with van der Waals surface area (Å²) in [6.07, 6.45) is 3.51. The molecule has 0 aromatic rings. The Bertz CT molecular complexity index is 338.